The second kappa shape index (κ2) is 16.7. The highest BCUT2D eigenvalue weighted by Gasteiger charge is 2.24. The number of thiazole rings is 1. The summed E-state index contributed by atoms with van der Waals surface area (Å²) in [5.41, 5.74) is 3.74. The number of aromatic amines is 1. The van der Waals surface area contributed by atoms with E-state index in [2.05, 4.69) is 25.8 Å². The first-order chi connectivity index (χ1) is 24.7. The zero-order valence-corrected chi connectivity index (χ0v) is 30.1. The van der Waals surface area contributed by atoms with Gasteiger partial charge in [0, 0.05) is 56.3 Å². The summed E-state index contributed by atoms with van der Waals surface area (Å²) in [6, 6.07) is 18.2. The molecule has 1 atom stereocenters. The third kappa shape index (κ3) is 9.08. The second-order valence-corrected chi connectivity index (χ2v) is 14.4. The number of H-pyrrole nitrogens is 1. The van der Waals surface area contributed by atoms with Gasteiger partial charge in [-0.3, -0.25) is 14.9 Å². The topological polar surface area (TPSA) is 165 Å². The standard InChI is InChI=1S/C36H38ClN5O7S2/c1-48-30-18-27(25(37)17-22(30)19-38-20-29(44)24-7-8-28(43)32-34(24)51-36(47)41-32)39-31(45)11-15-42-13-9-23(10-14-42)49-35(46)40-26-12-16-50-33(26)21-5-3-2-4-6-21/h2-8,12,16-18,23,29,38,43-44H,9-11,13-15,19-20H2,1H3,(H,39,45)(H,40,46)(H,41,47). The quantitative estimate of drug-likeness (QED) is 0.0783. The summed E-state index contributed by atoms with van der Waals surface area (Å²) in [4.78, 5) is 42.8. The van der Waals surface area contributed by atoms with E-state index in [9.17, 15) is 24.6 Å². The number of rotatable bonds is 13. The Morgan fingerprint density at radius 3 is 2.63 bits per heavy atom. The number of nitrogens with zero attached hydrogens (tertiary/aromatic N) is 1. The number of aromatic hydroxyl groups is 1. The third-order valence-corrected chi connectivity index (χ3v) is 10.9. The summed E-state index contributed by atoms with van der Waals surface area (Å²) in [6.45, 7) is 2.42. The van der Waals surface area contributed by atoms with Crippen molar-refractivity contribution in [2.45, 2.75) is 38.0 Å². The molecule has 1 unspecified atom stereocenters. The van der Waals surface area contributed by atoms with Crippen LogP contribution in [-0.4, -0.2) is 71.5 Å². The van der Waals surface area contributed by atoms with Gasteiger partial charge in [-0.1, -0.05) is 59.3 Å². The number of piperidine rings is 1. The molecular weight excluding hydrogens is 714 g/mol. The zero-order valence-electron chi connectivity index (χ0n) is 27.7. The number of fused-ring (bicyclic) bond motifs is 1. The normalized spacial score (nSPS) is 14.3. The Hall–Kier alpha value is -4.44. The molecule has 6 N–H and O–H groups in total. The van der Waals surface area contributed by atoms with Gasteiger partial charge in [0.25, 0.3) is 0 Å². The molecule has 6 rings (SSSR count). The fourth-order valence-electron chi connectivity index (χ4n) is 6.01. The third-order valence-electron chi connectivity index (χ3n) is 8.65. The minimum atomic E-state index is -0.942. The Bertz CT molecular complexity index is 2040. The van der Waals surface area contributed by atoms with Gasteiger partial charge >= 0.3 is 11.0 Å². The van der Waals surface area contributed by atoms with E-state index in [-0.39, 0.29) is 35.6 Å². The molecule has 1 saturated heterocycles. The number of amides is 2. The Morgan fingerprint density at radius 1 is 1.08 bits per heavy atom. The summed E-state index contributed by atoms with van der Waals surface area (Å²) in [5, 5.41) is 32.1. The fraction of sp³-hybridized carbons (Fsp3) is 0.306. The Labute approximate surface area is 307 Å². The number of ether oxygens (including phenoxy) is 2. The minimum absolute atomic E-state index is 0.0556. The molecule has 1 aliphatic rings. The number of benzene rings is 3. The first kappa shape index (κ1) is 36.4. The highest BCUT2D eigenvalue weighted by atomic mass is 35.5. The predicted octanol–water partition coefficient (Wildman–Crippen LogP) is 6.55. The van der Waals surface area contributed by atoms with Crippen LogP contribution in [0.4, 0.5) is 16.2 Å². The van der Waals surface area contributed by atoms with E-state index in [1.54, 1.807) is 29.5 Å². The lowest BCUT2D eigenvalue weighted by Gasteiger charge is -2.31. The van der Waals surface area contributed by atoms with Crippen molar-refractivity contribution in [3.63, 3.8) is 0 Å². The molecule has 15 heteroatoms. The molecule has 0 spiro atoms. The van der Waals surface area contributed by atoms with Crippen LogP contribution in [0, 0.1) is 0 Å². The first-order valence-electron chi connectivity index (χ1n) is 16.4. The molecule has 268 valence electrons. The SMILES string of the molecule is COc1cc(NC(=O)CCN2CCC(OC(=O)Nc3ccsc3-c3ccccc3)CC2)c(Cl)cc1CNCC(O)c1ccc(O)c2[nH]c(=O)sc12. The summed E-state index contributed by atoms with van der Waals surface area (Å²) >= 11 is 9.04. The zero-order chi connectivity index (χ0) is 35.9. The van der Waals surface area contributed by atoms with Crippen LogP contribution < -0.4 is 25.6 Å². The van der Waals surface area contributed by atoms with Gasteiger partial charge in [0.1, 0.15) is 23.1 Å². The van der Waals surface area contributed by atoms with Crippen LogP contribution in [0.1, 0.15) is 36.5 Å². The number of phenolic OH excluding ortho intramolecular Hbond substituents is 1. The smallest absolute Gasteiger partial charge is 0.411 e. The van der Waals surface area contributed by atoms with Crippen LogP contribution in [-0.2, 0) is 16.1 Å². The number of aromatic nitrogens is 1. The van der Waals surface area contributed by atoms with E-state index in [1.807, 2.05) is 41.8 Å². The molecule has 2 aromatic heterocycles. The Kier molecular flexibility index (Phi) is 11.9. The number of carbonyl (C=O) groups excluding carboxylic acids is 2. The molecule has 0 radical (unpaired) electrons. The number of hydrogen-bond donors (Lipinski definition) is 6. The first-order valence-corrected chi connectivity index (χ1v) is 18.5. The molecule has 1 fully saturated rings. The van der Waals surface area contributed by atoms with Crippen LogP contribution in [0.2, 0.25) is 5.02 Å². The second-order valence-electron chi connectivity index (χ2n) is 12.1. The molecule has 0 saturated carbocycles. The van der Waals surface area contributed by atoms with E-state index in [4.69, 9.17) is 21.1 Å². The number of likely N-dealkylation sites (tertiary alicyclic amines) is 1. The lowest BCUT2D eigenvalue weighted by molar-refractivity contribution is -0.116. The van der Waals surface area contributed by atoms with Crippen LogP contribution in [0.3, 0.4) is 0 Å². The van der Waals surface area contributed by atoms with Gasteiger partial charge in [0.15, 0.2) is 0 Å². The van der Waals surface area contributed by atoms with Crippen LogP contribution in [0.25, 0.3) is 20.7 Å². The number of aliphatic hydroxyl groups excluding tert-OH is 1. The molecule has 5 aromatic rings. The largest absolute Gasteiger partial charge is 0.506 e. The van der Waals surface area contributed by atoms with Gasteiger partial charge in [-0.2, -0.15) is 0 Å². The van der Waals surface area contributed by atoms with Crippen LogP contribution in [0.5, 0.6) is 11.5 Å². The number of methoxy groups -OCH3 is 1. The van der Waals surface area contributed by atoms with Gasteiger partial charge in [-0.25, -0.2) is 4.79 Å². The number of thiophene rings is 1. The van der Waals surface area contributed by atoms with Gasteiger partial charge in [0.05, 0.1) is 39.2 Å². The molecule has 0 bridgehead atoms. The summed E-state index contributed by atoms with van der Waals surface area (Å²) in [5.74, 6) is 0.261. The van der Waals surface area contributed by atoms with Gasteiger partial charge in [0.2, 0.25) is 5.91 Å². The summed E-state index contributed by atoms with van der Waals surface area (Å²) in [7, 11) is 1.52. The van der Waals surface area contributed by atoms with E-state index in [0.29, 0.717) is 71.3 Å². The number of nitrogens with one attached hydrogen (secondary N) is 4. The van der Waals surface area contributed by atoms with Crippen molar-refractivity contribution < 1.29 is 29.3 Å². The average molecular weight is 752 g/mol. The van der Waals surface area contributed by atoms with E-state index >= 15 is 0 Å². The number of phenols is 1. The number of aliphatic hydroxyl groups is 1. The van der Waals surface area contributed by atoms with Crippen molar-refractivity contribution in [3.05, 3.63) is 91.9 Å². The lowest BCUT2D eigenvalue weighted by atomic mass is 10.1. The van der Waals surface area contributed by atoms with Gasteiger partial charge in [-0.15, -0.1) is 11.3 Å². The number of anilines is 2. The Balaban J connectivity index is 0.935. The predicted molar refractivity (Wildman–Crippen MR) is 201 cm³/mol. The molecule has 1 aliphatic heterocycles. The van der Waals surface area contributed by atoms with Crippen molar-refractivity contribution in [2.24, 2.45) is 0 Å². The molecule has 3 aromatic carbocycles. The van der Waals surface area contributed by atoms with Crippen molar-refractivity contribution in [2.75, 3.05) is 43.9 Å². The molecule has 2 amide bonds. The Morgan fingerprint density at radius 2 is 1.86 bits per heavy atom. The molecule has 12 nitrogen and oxygen atoms in total. The average Bonchev–Trinajstić information content (AvgIpc) is 3.76. The lowest BCUT2D eigenvalue weighted by Crippen LogP contribution is -2.39. The molecular formula is C36H38ClN5O7S2. The minimum Gasteiger partial charge on any atom is -0.506 e. The van der Waals surface area contributed by atoms with Crippen molar-refractivity contribution in [1.29, 1.82) is 0 Å². The molecule has 0 aliphatic carbocycles. The van der Waals surface area contributed by atoms with Crippen LogP contribution >= 0.6 is 34.3 Å². The maximum absolute atomic E-state index is 12.9. The maximum Gasteiger partial charge on any atom is 0.411 e. The highest BCUT2D eigenvalue weighted by molar-refractivity contribution is 7.16. The number of hydrogen-bond acceptors (Lipinski definition) is 11. The van der Waals surface area contributed by atoms with Crippen LogP contribution in [0.15, 0.2) is 70.8 Å². The van der Waals surface area contributed by atoms with Crippen molar-refractivity contribution in [3.8, 4) is 21.9 Å². The van der Waals surface area contributed by atoms with Gasteiger partial charge in [-0.05, 0) is 42.0 Å². The summed E-state index contributed by atoms with van der Waals surface area (Å²) in [6.07, 6.45) is -0.0104. The monoisotopic (exact) mass is 751 g/mol. The van der Waals surface area contributed by atoms with Crippen molar-refractivity contribution >= 4 is 67.9 Å². The summed E-state index contributed by atoms with van der Waals surface area (Å²) < 4.78 is 11.8. The van der Waals surface area contributed by atoms with E-state index < -0.39 is 12.2 Å². The van der Waals surface area contributed by atoms with E-state index in [0.717, 1.165) is 33.0 Å². The van der Waals surface area contributed by atoms with Gasteiger partial charge < -0.3 is 40.2 Å². The maximum atomic E-state index is 12.9. The highest BCUT2D eigenvalue weighted by Crippen LogP contribution is 2.35. The number of carbonyl (C=O) groups is 2. The molecule has 51 heavy (non-hydrogen) atoms. The molecule has 3 heterocycles. The van der Waals surface area contributed by atoms with Crippen molar-refractivity contribution in [1.82, 2.24) is 15.2 Å². The van der Waals surface area contributed by atoms with E-state index in [1.165, 1.54) is 13.2 Å². The number of halogens is 1. The fourth-order valence-corrected chi connectivity index (χ4v) is 8.02.